The number of nitrogens with zero attached hydrogens (tertiary/aromatic N) is 4. The summed E-state index contributed by atoms with van der Waals surface area (Å²) in [6, 6.07) is 6.82. The monoisotopic (exact) mass is 359 g/mol. The minimum Gasteiger partial charge on any atom is -0.338 e. The number of amides is 2. The number of urea groups is 1. The average molecular weight is 359 g/mol. The number of likely N-dealkylation sites (tertiary alicyclic amines) is 1. The van der Waals surface area contributed by atoms with Crippen molar-refractivity contribution in [3.05, 3.63) is 40.3 Å². The molecule has 2 amide bonds. The maximum absolute atomic E-state index is 12.1. The molecule has 25 heavy (non-hydrogen) atoms. The number of nitrogens with one attached hydrogen (secondary N) is 1. The minimum absolute atomic E-state index is 0.0874. The van der Waals surface area contributed by atoms with Gasteiger partial charge in [-0.2, -0.15) is 5.10 Å². The number of aromatic nitrogens is 2. The number of hydrogen-bond donors (Lipinski definition) is 1. The average Bonchev–Trinajstić information content (AvgIpc) is 3.36. The van der Waals surface area contributed by atoms with E-state index in [2.05, 4.69) is 43.6 Å². The van der Waals surface area contributed by atoms with Gasteiger partial charge in [0.1, 0.15) is 0 Å². The highest BCUT2D eigenvalue weighted by Gasteiger charge is 2.26. The van der Waals surface area contributed by atoms with E-state index in [-0.39, 0.29) is 6.03 Å². The summed E-state index contributed by atoms with van der Waals surface area (Å²) >= 11 is 1.81. The van der Waals surface area contributed by atoms with E-state index in [1.807, 2.05) is 22.4 Å². The number of thiophene rings is 1. The second-order valence-corrected chi connectivity index (χ2v) is 7.92. The molecule has 134 valence electrons. The molecule has 4 heterocycles. The van der Waals surface area contributed by atoms with Gasteiger partial charge in [0.15, 0.2) is 0 Å². The van der Waals surface area contributed by atoms with Crippen molar-refractivity contribution < 1.29 is 4.79 Å². The van der Waals surface area contributed by atoms with Crippen molar-refractivity contribution >= 4 is 17.4 Å². The van der Waals surface area contributed by atoms with Crippen LogP contribution in [0, 0.1) is 0 Å². The summed E-state index contributed by atoms with van der Waals surface area (Å²) in [4.78, 5) is 17.9. The van der Waals surface area contributed by atoms with Gasteiger partial charge in [-0.15, -0.1) is 11.3 Å². The van der Waals surface area contributed by atoms with Crippen LogP contribution in [0.15, 0.2) is 29.8 Å². The lowest BCUT2D eigenvalue weighted by molar-refractivity contribution is 0.161. The summed E-state index contributed by atoms with van der Waals surface area (Å²) < 4.78 is 2.15. The van der Waals surface area contributed by atoms with Crippen molar-refractivity contribution in [2.24, 2.45) is 0 Å². The maximum atomic E-state index is 12.1. The van der Waals surface area contributed by atoms with Crippen molar-refractivity contribution in [3.63, 3.8) is 0 Å². The lowest BCUT2D eigenvalue weighted by atomic mass is 10.1. The van der Waals surface area contributed by atoms with E-state index in [4.69, 9.17) is 0 Å². The molecule has 0 saturated carbocycles. The van der Waals surface area contributed by atoms with Gasteiger partial charge in [-0.1, -0.05) is 6.07 Å². The molecule has 0 spiro atoms. The van der Waals surface area contributed by atoms with Crippen LogP contribution in [-0.4, -0.2) is 51.8 Å². The SMILES string of the molecule is O=C(NCC[C@H]1CN(Cc2cccs2)Cc2ccnn21)N1CCCC1. The van der Waals surface area contributed by atoms with Gasteiger partial charge in [-0.25, -0.2) is 4.79 Å². The van der Waals surface area contributed by atoms with Gasteiger partial charge in [0.25, 0.3) is 0 Å². The zero-order chi connectivity index (χ0) is 17.1. The first-order valence-corrected chi connectivity index (χ1v) is 9.97. The Kier molecular flexibility index (Phi) is 5.03. The second-order valence-electron chi connectivity index (χ2n) is 6.88. The van der Waals surface area contributed by atoms with Crippen LogP contribution in [0.4, 0.5) is 4.79 Å². The second kappa shape index (κ2) is 7.58. The van der Waals surface area contributed by atoms with E-state index in [0.29, 0.717) is 12.6 Å². The number of carbonyl (C=O) groups is 1. The number of hydrogen-bond acceptors (Lipinski definition) is 4. The Hall–Kier alpha value is -1.86. The van der Waals surface area contributed by atoms with Gasteiger partial charge < -0.3 is 10.2 Å². The first kappa shape index (κ1) is 16.6. The Balaban J connectivity index is 1.34. The van der Waals surface area contributed by atoms with Gasteiger partial charge >= 0.3 is 6.03 Å². The smallest absolute Gasteiger partial charge is 0.317 e. The van der Waals surface area contributed by atoms with Gasteiger partial charge in [0.2, 0.25) is 0 Å². The molecule has 1 atom stereocenters. The standard InChI is InChI=1S/C18H25N5OS/c24-18(22-9-1-2-10-22)19-7-5-15-12-21(14-17-4-3-11-25-17)13-16-6-8-20-23(15)16/h3-4,6,8,11,15H,1-2,5,7,9-10,12-14H2,(H,19,24)/t15-/m0/s1. The molecule has 2 aromatic rings. The van der Waals surface area contributed by atoms with Crippen LogP contribution in [-0.2, 0) is 13.1 Å². The van der Waals surface area contributed by atoms with Crippen LogP contribution in [0.5, 0.6) is 0 Å². The lowest BCUT2D eigenvalue weighted by Crippen LogP contribution is -2.41. The van der Waals surface area contributed by atoms with Crippen molar-refractivity contribution in [1.82, 2.24) is 24.9 Å². The summed E-state index contributed by atoms with van der Waals surface area (Å²) in [5, 5.41) is 9.73. The van der Waals surface area contributed by atoms with Crippen LogP contribution in [0.25, 0.3) is 0 Å². The van der Waals surface area contributed by atoms with E-state index in [1.165, 1.54) is 10.6 Å². The number of carbonyl (C=O) groups excluding carboxylic acids is 1. The summed E-state index contributed by atoms with van der Waals surface area (Å²) in [5.74, 6) is 0. The molecule has 4 rings (SSSR count). The van der Waals surface area contributed by atoms with Crippen LogP contribution in [0.3, 0.4) is 0 Å². The third kappa shape index (κ3) is 3.88. The Labute approximate surface area is 152 Å². The van der Waals surface area contributed by atoms with Crippen LogP contribution in [0.2, 0.25) is 0 Å². The van der Waals surface area contributed by atoms with E-state index < -0.39 is 0 Å². The van der Waals surface area contributed by atoms with Gasteiger partial charge in [0, 0.05) is 50.3 Å². The van der Waals surface area contributed by atoms with Crippen molar-refractivity contribution in [2.75, 3.05) is 26.2 Å². The molecule has 0 radical (unpaired) electrons. The van der Waals surface area contributed by atoms with Crippen LogP contribution < -0.4 is 5.32 Å². The lowest BCUT2D eigenvalue weighted by Gasteiger charge is -2.33. The highest BCUT2D eigenvalue weighted by atomic mass is 32.1. The molecule has 7 heteroatoms. The Morgan fingerprint density at radius 1 is 1.32 bits per heavy atom. The molecule has 2 aliphatic heterocycles. The number of fused-ring (bicyclic) bond motifs is 1. The van der Waals surface area contributed by atoms with E-state index in [9.17, 15) is 4.79 Å². The molecule has 0 aliphatic carbocycles. The summed E-state index contributed by atoms with van der Waals surface area (Å²) in [7, 11) is 0. The quantitative estimate of drug-likeness (QED) is 0.893. The first-order valence-electron chi connectivity index (χ1n) is 9.09. The summed E-state index contributed by atoms with van der Waals surface area (Å²) in [5.41, 5.74) is 1.26. The van der Waals surface area contributed by atoms with E-state index >= 15 is 0 Å². The predicted octanol–water partition coefficient (Wildman–Crippen LogP) is 2.70. The Morgan fingerprint density at radius 3 is 3.00 bits per heavy atom. The molecular formula is C18H25N5OS. The highest BCUT2D eigenvalue weighted by Crippen LogP contribution is 2.25. The maximum Gasteiger partial charge on any atom is 0.317 e. The third-order valence-corrected chi connectivity index (χ3v) is 5.92. The van der Waals surface area contributed by atoms with Crippen molar-refractivity contribution in [2.45, 2.75) is 38.4 Å². The molecular weight excluding hydrogens is 334 g/mol. The molecule has 1 fully saturated rings. The fourth-order valence-corrected chi connectivity index (χ4v) is 4.55. The molecule has 0 unspecified atom stereocenters. The minimum atomic E-state index is 0.0874. The highest BCUT2D eigenvalue weighted by molar-refractivity contribution is 7.09. The zero-order valence-electron chi connectivity index (χ0n) is 14.4. The van der Waals surface area contributed by atoms with Crippen molar-refractivity contribution in [1.29, 1.82) is 0 Å². The van der Waals surface area contributed by atoms with E-state index in [1.54, 1.807) is 0 Å². The van der Waals surface area contributed by atoms with Crippen LogP contribution >= 0.6 is 11.3 Å². The van der Waals surface area contributed by atoms with Crippen molar-refractivity contribution in [3.8, 4) is 0 Å². The van der Waals surface area contributed by atoms with Gasteiger partial charge in [-0.3, -0.25) is 9.58 Å². The normalized spacial score (nSPS) is 20.6. The first-order chi connectivity index (χ1) is 12.3. The fraction of sp³-hybridized carbons (Fsp3) is 0.556. The topological polar surface area (TPSA) is 53.4 Å². The predicted molar refractivity (Wildman–Crippen MR) is 98.5 cm³/mol. The molecule has 1 N–H and O–H groups in total. The molecule has 2 aliphatic rings. The van der Waals surface area contributed by atoms with E-state index in [0.717, 1.165) is 52.0 Å². The molecule has 1 saturated heterocycles. The molecule has 0 aromatic carbocycles. The molecule has 6 nitrogen and oxygen atoms in total. The summed E-state index contributed by atoms with van der Waals surface area (Å²) in [6.45, 7) is 5.40. The third-order valence-electron chi connectivity index (χ3n) is 5.06. The summed E-state index contributed by atoms with van der Waals surface area (Å²) in [6.07, 6.45) is 5.06. The van der Waals surface area contributed by atoms with Gasteiger partial charge in [0.05, 0.1) is 11.7 Å². The zero-order valence-corrected chi connectivity index (χ0v) is 15.2. The van der Waals surface area contributed by atoms with Gasteiger partial charge in [-0.05, 0) is 36.8 Å². The Bertz CT molecular complexity index is 692. The Morgan fingerprint density at radius 2 is 2.20 bits per heavy atom. The fourth-order valence-electron chi connectivity index (χ4n) is 3.80. The van der Waals surface area contributed by atoms with Crippen LogP contribution in [0.1, 0.15) is 35.9 Å². The molecule has 0 bridgehead atoms. The number of rotatable bonds is 5. The largest absolute Gasteiger partial charge is 0.338 e. The molecule has 2 aromatic heterocycles.